The molecule has 5 aromatic rings. The lowest BCUT2D eigenvalue weighted by Crippen LogP contribution is -1.82. The van der Waals surface area contributed by atoms with Crippen LogP contribution in [-0.4, -0.2) is 17.1 Å². The fourth-order valence-electron chi connectivity index (χ4n) is 3.47. The van der Waals surface area contributed by atoms with E-state index in [4.69, 9.17) is 4.74 Å². The summed E-state index contributed by atoms with van der Waals surface area (Å²) in [4.78, 5) is 6.67. The quantitative estimate of drug-likeness (QED) is 0.340. The van der Waals surface area contributed by atoms with E-state index in [0.29, 0.717) is 0 Å². The third-order valence-electron chi connectivity index (χ3n) is 4.84. The lowest BCUT2D eigenvalue weighted by molar-refractivity contribution is 0.415. The van der Waals surface area contributed by atoms with Crippen LogP contribution in [0.4, 0.5) is 11.6 Å². The van der Waals surface area contributed by atoms with Crippen LogP contribution in [0.5, 0.6) is 5.75 Å². The van der Waals surface area contributed by atoms with Crippen molar-refractivity contribution in [3.05, 3.63) is 78.9 Å². The van der Waals surface area contributed by atoms with Gasteiger partial charge in [-0.2, -0.15) is 0 Å². The maximum Gasteiger partial charge on any atom is 0.161 e. The number of fused-ring (bicyclic) bond motifs is 2. The predicted molar refractivity (Wildman–Crippen MR) is 113 cm³/mol. The Bertz CT molecular complexity index is 1260. The predicted octanol–water partition coefficient (Wildman–Crippen LogP) is 6.74. The minimum atomic E-state index is 0.723. The standard InChI is InChI=1S/C23H18N4O/c1-28-17-12-10-15(11-13-17)22-18-7-3-5-9-20(18)25-23(22)27-26-21-14-16-6-2-4-8-19(16)24-21/h2-14,24-25H,1H3. The Hall–Kier alpha value is -3.86. The minimum Gasteiger partial charge on any atom is -0.497 e. The molecule has 5 heteroatoms. The number of ether oxygens (including phenoxy) is 1. The molecule has 0 atom stereocenters. The molecule has 2 N–H and O–H groups in total. The van der Waals surface area contributed by atoms with Crippen LogP contribution in [0.1, 0.15) is 0 Å². The van der Waals surface area contributed by atoms with Gasteiger partial charge >= 0.3 is 0 Å². The number of methoxy groups -OCH3 is 1. The fraction of sp³-hybridized carbons (Fsp3) is 0.0435. The molecule has 0 aliphatic rings. The second-order valence-electron chi connectivity index (χ2n) is 6.56. The molecule has 0 radical (unpaired) electrons. The Kier molecular flexibility index (Phi) is 3.91. The molecule has 0 amide bonds. The molecule has 0 fully saturated rings. The molecule has 0 spiro atoms. The van der Waals surface area contributed by atoms with Crippen LogP contribution in [0, 0.1) is 0 Å². The summed E-state index contributed by atoms with van der Waals surface area (Å²) < 4.78 is 5.28. The zero-order valence-electron chi connectivity index (χ0n) is 15.3. The molecule has 0 saturated carbocycles. The largest absolute Gasteiger partial charge is 0.497 e. The summed E-state index contributed by atoms with van der Waals surface area (Å²) in [6.07, 6.45) is 0. The Morgan fingerprint density at radius 2 is 1.50 bits per heavy atom. The summed E-state index contributed by atoms with van der Waals surface area (Å²) in [6, 6.07) is 26.2. The molecule has 5 nitrogen and oxygen atoms in total. The van der Waals surface area contributed by atoms with E-state index in [2.05, 4.69) is 32.3 Å². The molecule has 3 aromatic carbocycles. The first-order valence-corrected chi connectivity index (χ1v) is 9.06. The van der Waals surface area contributed by atoms with Gasteiger partial charge in [0.25, 0.3) is 0 Å². The van der Waals surface area contributed by atoms with Gasteiger partial charge in [0.2, 0.25) is 0 Å². The molecule has 0 saturated heterocycles. The van der Waals surface area contributed by atoms with Gasteiger partial charge in [0, 0.05) is 27.4 Å². The second kappa shape index (κ2) is 6.70. The fourth-order valence-corrected chi connectivity index (χ4v) is 3.47. The number of aromatic amines is 2. The number of benzene rings is 3. The summed E-state index contributed by atoms with van der Waals surface area (Å²) in [5, 5.41) is 11.2. The van der Waals surface area contributed by atoms with Gasteiger partial charge in [-0.1, -0.05) is 48.5 Å². The molecular formula is C23H18N4O. The molecule has 0 unspecified atom stereocenters. The van der Waals surface area contributed by atoms with E-state index >= 15 is 0 Å². The van der Waals surface area contributed by atoms with Crippen molar-refractivity contribution < 1.29 is 4.74 Å². The van der Waals surface area contributed by atoms with E-state index in [9.17, 15) is 0 Å². The van der Waals surface area contributed by atoms with Crippen LogP contribution in [-0.2, 0) is 0 Å². The van der Waals surface area contributed by atoms with Crippen molar-refractivity contribution in [2.75, 3.05) is 7.11 Å². The Morgan fingerprint density at radius 1 is 0.750 bits per heavy atom. The number of hydrogen-bond donors (Lipinski definition) is 2. The number of aromatic nitrogens is 2. The van der Waals surface area contributed by atoms with Gasteiger partial charge in [0.1, 0.15) is 5.75 Å². The summed E-state index contributed by atoms with van der Waals surface area (Å²) in [5.74, 6) is 2.27. The molecule has 28 heavy (non-hydrogen) atoms. The van der Waals surface area contributed by atoms with Crippen LogP contribution in [0.2, 0.25) is 0 Å². The maximum absolute atomic E-state index is 5.28. The first-order valence-electron chi connectivity index (χ1n) is 9.06. The summed E-state index contributed by atoms with van der Waals surface area (Å²) in [7, 11) is 1.67. The summed E-state index contributed by atoms with van der Waals surface area (Å²) in [6.45, 7) is 0. The van der Waals surface area contributed by atoms with Crippen LogP contribution in [0.15, 0.2) is 89.1 Å². The minimum absolute atomic E-state index is 0.723. The Labute approximate surface area is 161 Å². The van der Waals surface area contributed by atoms with E-state index in [1.165, 1.54) is 0 Å². The third kappa shape index (κ3) is 2.83. The zero-order chi connectivity index (χ0) is 18.9. The summed E-state index contributed by atoms with van der Waals surface area (Å²) in [5.41, 5.74) is 4.16. The van der Waals surface area contributed by atoms with E-state index in [1.54, 1.807) is 7.11 Å². The van der Waals surface area contributed by atoms with E-state index in [1.807, 2.05) is 66.7 Å². The lowest BCUT2D eigenvalue weighted by Gasteiger charge is -2.03. The van der Waals surface area contributed by atoms with E-state index in [-0.39, 0.29) is 0 Å². The van der Waals surface area contributed by atoms with Gasteiger partial charge in [-0.25, -0.2) is 0 Å². The topological polar surface area (TPSA) is 65.5 Å². The van der Waals surface area contributed by atoms with E-state index in [0.717, 1.165) is 50.3 Å². The highest BCUT2D eigenvalue weighted by Crippen LogP contribution is 2.38. The van der Waals surface area contributed by atoms with Gasteiger partial charge in [-0.15, -0.1) is 10.2 Å². The van der Waals surface area contributed by atoms with Crippen molar-refractivity contribution in [2.45, 2.75) is 0 Å². The Balaban J connectivity index is 1.61. The van der Waals surface area contributed by atoms with Crippen molar-refractivity contribution in [3.63, 3.8) is 0 Å². The highest BCUT2D eigenvalue weighted by molar-refractivity contribution is 6.01. The molecule has 5 rings (SSSR count). The van der Waals surface area contributed by atoms with Crippen LogP contribution in [0.3, 0.4) is 0 Å². The van der Waals surface area contributed by atoms with E-state index < -0.39 is 0 Å². The first kappa shape index (κ1) is 16.3. The first-order chi connectivity index (χ1) is 13.8. The van der Waals surface area contributed by atoms with Crippen LogP contribution < -0.4 is 4.74 Å². The normalized spacial score (nSPS) is 11.6. The number of rotatable bonds is 4. The molecule has 136 valence electrons. The SMILES string of the molecule is COc1ccc(-c2c(N=Nc3cc4ccccc4[nH]3)[nH]c3ccccc23)cc1. The number of azo groups is 1. The van der Waals surface area contributed by atoms with Gasteiger partial charge in [-0.3, -0.25) is 0 Å². The van der Waals surface area contributed by atoms with Crippen molar-refractivity contribution in [3.8, 4) is 16.9 Å². The molecule has 2 aromatic heterocycles. The maximum atomic E-state index is 5.28. The van der Waals surface area contributed by atoms with Crippen molar-refractivity contribution in [1.29, 1.82) is 0 Å². The molecule has 0 aliphatic heterocycles. The van der Waals surface area contributed by atoms with Crippen LogP contribution in [0.25, 0.3) is 32.9 Å². The average molecular weight is 366 g/mol. The molecule has 0 aliphatic carbocycles. The molecular weight excluding hydrogens is 348 g/mol. The summed E-state index contributed by atoms with van der Waals surface area (Å²) >= 11 is 0. The van der Waals surface area contributed by atoms with Gasteiger partial charge in [0.05, 0.1) is 7.11 Å². The molecule has 0 bridgehead atoms. The van der Waals surface area contributed by atoms with Gasteiger partial charge in [0.15, 0.2) is 11.6 Å². The monoisotopic (exact) mass is 366 g/mol. The molecule has 2 heterocycles. The number of H-pyrrole nitrogens is 2. The Morgan fingerprint density at radius 3 is 2.29 bits per heavy atom. The highest BCUT2D eigenvalue weighted by Gasteiger charge is 2.13. The van der Waals surface area contributed by atoms with Crippen LogP contribution >= 0.6 is 0 Å². The third-order valence-corrected chi connectivity index (χ3v) is 4.84. The number of nitrogens with zero attached hydrogens (tertiary/aromatic N) is 2. The smallest absolute Gasteiger partial charge is 0.161 e. The van der Waals surface area contributed by atoms with Gasteiger partial charge in [-0.05, 0) is 35.9 Å². The number of para-hydroxylation sites is 2. The number of nitrogens with one attached hydrogen (secondary N) is 2. The average Bonchev–Trinajstić information content (AvgIpc) is 3.33. The number of hydrogen-bond acceptors (Lipinski definition) is 3. The van der Waals surface area contributed by atoms with Crippen molar-refractivity contribution in [2.24, 2.45) is 10.2 Å². The van der Waals surface area contributed by atoms with Crippen molar-refractivity contribution >= 4 is 33.4 Å². The highest BCUT2D eigenvalue weighted by atomic mass is 16.5. The zero-order valence-corrected chi connectivity index (χ0v) is 15.3. The van der Waals surface area contributed by atoms with Crippen molar-refractivity contribution in [1.82, 2.24) is 9.97 Å². The van der Waals surface area contributed by atoms with Gasteiger partial charge < -0.3 is 14.7 Å². The lowest BCUT2D eigenvalue weighted by atomic mass is 10.0. The second-order valence-corrected chi connectivity index (χ2v) is 6.56.